The lowest BCUT2D eigenvalue weighted by atomic mass is 9.73. The van der Waals surface area contributed by atoms with Crippen molar-refractivity contribution in [1.29, 1.82) is 0 Å². The average molecular weight is 423 g/mol. The molecule has 0 saturated heterocycles. The van der Waals surface area contributed by atoms with Crippen LogP contribution in [-0.4, -0.2) is 0 Å². The Hall–Kier alpha value is 0. The van der Waals surface area contributed by atoms with Crippen molar-refractivity contribution in [2.45, 2.75) is 153 Å². The van der Waals surface area contributed by atoms with Crippen molar-refractivity contribution in [2.24, 2.45) is 40.9 Å². The van der Waals surface area contributed by atoms with Crippen molar-refractivity contribution in [3.63, 3.8) is 0 Å². The Bertz CT molecular complexity index is 342. The molecule has 182 valence electrons. The summed E-state index contributed by atoms with van der Waals surface area (Å²) in [6.07, 6.45) is 20.5. The first kappa shape index (κ1) is 30.0. The molecule has 0 aromatic rings. The van der Waals surface area contributed by atoms with E-state index in [4.69, 9.17) is 0 Å². The van der Waals surface area contributed by atoms with Crippen LogP contribution in [-0.2, 0) is 0 Å². The molecule has 30 heavy (non-hydrogen) atoms. The fourth-order valence-corrected chi connectivity index (χ4v) is 6.80. The van der Waals surface area contributed by atoms with Crippen molar-refractivity contribution in [3.8, 4) is 0 Å². The summed E-state index contributed by atoms with van der Waals surface area (Å²) in [5, 5.41) is 0. The Kier molecular flexibility index (Phi) is 16.6. The van der Waals surface area contributed by atoms with E-state index in [0.29, 0.717) is 5.41 Å². The van der Waals surface area contributed by atoms with E-state index in [1.807, 2.05) is 41.5 Å². The second-order valence-electron chi connectivity index (χ2n) is 11.3. The summed E-state index contributed by atoms with van der Waals surface area (Å²) >= 11 is 0. The molecule has 0 aliphatic heterocycles. The van der Waals surface area contributed by atoms with E-state index in [2.05, 4.69) is 27.7 Å². The van der Waals surface area contributed by atoms with Gasteiger partial charge in [0, 0.05) is 0 Å². The number of rotatable bonds is 2. The van der Waals surface area contributed by atoms with Gasteiger partial charge in [-0.25, -0.2) is 0 Å². The average Bonchev–Trinajstić information content (AvgIpc) is 3.39. The Balaban J connectivity index is 0.000000657. The summed E-state index contributed by atoms with van der Waals surface area (Å²) in [7, 11) is 0. The Labute approximate surface area is 193 Å². The van der Waals surface area contributed by atoms with Gasteiger partial charge in [0.2, 0.25) is 0 Å². The molecule has 4 saturated carbocycles. The zero-order valence-electron chi connectivity index (χ0n) is 23.2. The van der Waals surface area contributed by atoms with Gasteiger partial charge >= 0.3 is 0 Å². The Morgan fingerprint density at radius 3 is 1.07 bits per heavy atom. The number of hydrogen-bond donors (Lipinski definition) is 0. The monoisotopic (exact) mass is 422 g/mol. The van der Waals surface area contributed by atoms with E-state index in [1.54, 1.807) is 83.5 Å². The molecular weight excluding hydrogens is 360 g/mol. The molecule has 0 aromatic heterocycles. The van der Waals surface area contributed by atoms with Gasteiger partial charge in [-0.2, -0.15) is 0 Å². The summed E-state index contributed by atoms with van der Waals surface area (Å²) in [6, 6.07) is 0. The normalized spacial score (nSPS) is 32.4. The first-order valence-corrected chi connectivity index (χ1v) is 14.4. The summed E-state index contributed by atoms with van der Waals surface area (Å²) in [5.41, 5.74) is 0.500. The van der Waals surface area contributed by atoms with E-state index in [9.17, 15) is 0 Å². The summed E-state index contributed by atoms with van der Waals surface area (Å²) in [5.74, 6) is 6.98. The van der Waals surface area contributed by atoms with Gasteiger partial charge in [-0.3, -0.25) is 0 Å². The third-order valence-electron chi connectivity index (χ3n) is 7.48. The smallest absolute Gasteiger partial charge is 0.0349 e. The van der Waals surface area contributed by atoms with Crippen LogP contribution in [0.15, 0.2) is 0 Å². The highest BCUT2D eigenvalue weighted by molar-refractivity contribution is 5.00. The van der Waals surface area contributed by atoms with Gasteiger partial charge in [0.05, 0.1) is 0 Å². The third-order valence-corrected chi connectivity index (χ3v) is 7.48. The quantitative estimate of drug-likeness (QED) is 0.415. The second kappa shape index (κ2) is 16.6. The predicted octanol–water partition coefficient (Wildman–Crippen LogP) is 10.9. The molecule has 4 fully saturated rings. The predicted molar refractivity (Wildman–Crippen MR) is 140 cm³/mol. The highest BCUT2D eigenvalue weighted by atomic mass is 14.6. The van der Waals surface area contributed by atoms with Crippen molar-refractivity contribution >= 4 is 0 Å². The minimum absolute atomic E-state index is 0.500. The first-order chi connectivity index (χ1) is 14.4. The molecule has 0 nitrogen and oxygen atoms in total. The van der Waals surface area contributed by atoms with Gasteiger partial charge in [0.1, 0.15) is 0 Å². The van der Waals surface area contributed by atoms with Gasteiger partial charge in [-0.15, -0.1) is 0 Å². The van der Waals surface area contributed by atoms with Crippen LogP contribution < -0.4 is 0 Å². The fourth-order valence-electron chi connectivity index (χ4n) is 6.80. The molecule has 0 amide bonds. The number of hydrogen-bond acceptors (Lipinski definition) is 0. The molecule has 0 heterocycles. The van der Waals surface area contributed by atoms with Gasteiger partial charge in [0.25, 0.3) is 0 Å². The van der Waals surface area contributed by atoms with Crippen LogP contribution in [0.5, 0.6) is 0 Å². The molecule has 4 aliphatic rings. The molecule has 4 aliphatic carbocycles. The minimum atomic E-state index is 0.500. The van der Waals surface area contributed by atoms with E-state index in [0.717, 1.165) is 5.92 Å². The lowest BCUT2D eigenvalue weighted by Crippen LogP contribution is -2.22. The minimum Gasteiger partial charge on any atom is -0.0683 e. The Morgan fingerprint density at radius 1 is 0.467 bits per heavy atom. The van der Waals surface area contributed by atoms with Crippen molar-refractivity contribution in [2.75, 3.05) is 0 Å². The maximum absolute atomic E-state index is 2.19. The molecule has 0 spiro atoms. The lowest BCUT2D eigenvalue weighted by Gasteiger charge is -2.32. The van der Waals surface area contributed by atoms with E-state index < -0.39 is 0 Å². The lowest BCUT2D eigenvalue weighted by molar-refractivity contribution is 0.184. The fraction of sp³-hybridized carbons (Fsp3) is 1.00. The maximum atomic E-state index is 2.19. The van der Waals surface area contributed by atoms with Gasteiger partial charge in [-0.1, -0.05) is 121 Å². The van der Waals surface area contributed by atoms with E-state index in [-0.39, 0.29) is 0 Å². The standard InChI is InChI=1S/C19H32.C5H12.3C2H6/c1-2-8-14(7-1)13-19-17-11-5-3-9-15(17)16-10-4-6-12-18(16)19;1-5(2,3)4;3*1-2/h14-19H,1-13H2;1-4H3;3*1-2H3. The molecule has 0 aromatic carbocycles. The highest BCUT2D eigenvalue weighted by Crippen LogP contribution is 2.59. The Morgan fingerprint density at radius 2 is 0.733 bits per heavy atom. The maximum Gasteiger partial charge on any atom is -0.0349 e. The van der Waals surface area contributed by atoms with E-state index >= 15 is 0 Å². The zero-order valence-corrected chi connectivity index (χ0v) is 23.2. The van der Waals surface area contributed by atoms with Gasteiger partial charge in [-0.05, 0) is 73.0 Å². The zero-order chi connectivity index (χ0) is 23.2. The van der Waals surface area contributed by atoms with Crippen LogP contribution in [0.4, 0.5) is 0 Å². The molecule has 4 unspecified atom stereocenters. The van der Waals surface area contributed by atoms with Crippen LogP contribution in [0, 0.1) is 40.9 Å². The summed E-state index contributed by atoms with van der Waals surface area (Å²) < 4.78 is 0. The largest absolute Gasteiger partial charge is 0.0683 e. The highest BCUT2D eigenvalue weighted by Gasteiger charge is 2.50. The summed E-state index contributed by atoms with van der Waals surface area (Å²) in [4.78, 5) is 0. The van der Waals surface area contributed by atoms with Crippen LogP contribution >= 0.6 is 0 Å². The van der Waals surface area contributed by atoms with Gasteiger partial charge < -0.3 is 0 Å². The van der Waals surface area contributed by atoms with E-state index in [1.165, 1.54) is 29.6 Å². The van der Waals surface area contributed by atoms with Crippen LogP contribution in [0.25, 0.3) is 0 Å². The van der Waals surface area contributed by atoms with Gasteiger partial charge in [0.15, 0.2) is 0 Å². The second-order valence-corrected chi connectivity index (χ2v) is 11.3. The van der Waals surface area contributed by atoms with Crippen molar-refractivity contribution in [1.82, 2.24) is 0 Å². The van der Waals surface area contributed by atoms with Crippen molar-refractivity contribution < 1.29 is 0 Å². The summed E-state index contributed by atoms with van der Waals surface area (Å²) in [6.45, 7) is 20.8. The topological polar surface area (TPSA) is 0 Å². The molecule has 0 N–H and O–H groups in total. The van der Waals surface area contributed by atoms with Crippen molar-refractivity contribution in [3.05, 3.63) is 0 Å². The molecule has 4 rings (SSSR count). The van der Waals surface area contributed by atoms with Crippen LogP contribution in [0.3, 0.4) is 0 Å². The molecule has 0 heteroatoms. The molecule has 0 radical (unpaired) electrons. The molecule has 0 bridgehead atoms. The molecule has 4 atom stereocenters. The van der Waals surface area contributed by atoms with Crippen LogP contribution in [0.2, 0.25) is 0 Å². The molecular formula is C30H62. The third kappa shape index (κ3) is 10.1. The first-order valence-electron chi connectivity index (χ1n) is 14.4. The van der Waals surface area contributed by atoms with Crippen LogP contribution in [0.1, 0.15) is 153 Å². The number of fused-ring (bicyclic) bond motifs is 3. The SMILES string of the molecule is C1CCC(CC2C3CCCCC3C3CCCCC32)C1.CC.CC.CC.CC(C)(C)C.